The average molecular weight is 435 g/mol. The van der Waals surface area contributed by atoms with Crippen LogP contribution in [0.15, 0.2) is 28.1 Å². The Balaban J connectivity index is 0.00000484. The number of hydrogen-bond acceptors (Lipinski definition) is 4. The number of methoxy groups -OCH3 is 1. The van der Waals surface area contributed by atoms with E-state index >= 15 is 0 Å². The lowest BCUT2D eigenvalue weighted by molar-refractivity contribution is 0.0599. The molecule has 7 heteroatoms. The van der Waals surface area contributed by atoms with Crippen molar-refractivity contribution in [3.63, 3.8) is 0 Å². The van der Waals surface area contributed by atoms with Crippen LogP contribution in [0.3, 0.4) is 0 Å². The molecule has 6 nitrogen and oxygen atoms in total. The van der Waals surface area contributed by atoms with Crippen LogP contribution in [0.1, 0.15) is 34.7 Å². The van der Waals surface area contributed by atoms with Crippen molar-refractivity contribution in [1.29, 1.82) is 0 Å². The van der Waals surface area contributed by atoms with Crippen LogP contribution in [0.25, 0.3) is 0 Å². The van der Waals surface area contributed by atoms with Crippen LogP contribution in [0, 0.1) is 6.92 Å². The molecule has 0 radical (unpaired) electrons. The van der Waals surface area contributed by atoms with Crippen molar-refractivity contribution in [1.82, 2.24) is 10.2 Å². The summed E-state index contributed by atoms with van der Waals surface area (Å²) in [6.07, 6.45) is 3.90. The molecule has 0 spiro atoms. The molecule has 0 saturated carbocycles. The number of halogens is 1. The first-order valence-corrected chi connectivity index (χ1v) is 7.23. The van der Waals surface area contributed by atoms with E-state index in [-0.39, 0.29) is 24.0 Å². The zero-order valence-electron chi connectivity index (χ0n) is 14.2. The van der Waals surface area contributed by atoms with Crippen LogP contribution in [-0.2, 0) is 11.3 Å². The highest BCUT2D eigenvalue weighted by atomic mass is 127. The lowest BCUT2D eigenvalue weighted by Crippen LogP contribution is -2.38. The van der Waals surface area contributed by atoms with Gasteiger partial charge in [0.1, 0.15) is 17.1 Å². The van der Waals surface area contributed by atoms with Gasteiger partial charge in [-0.15, -0.1) is 30.6 Å². The van der Waals surface area contributed by atoms with Crippen molar-refractivity contribution in [2.24, 2.45) is 4.99 Å². The molecule has 1 rings (SSSR count). The standard InChI is InChI=1S/C16H25N3O3.HI/c1-6-7-8-9-19(4)16(17-3)18-11-13-10-14(12(2)22-13)15(20)21-5;/h6,10H,1,7-9,11H2,2-5H3,(H,17,18);1H. The second-order valence-corrected chi connectivity index (χ2v) is 4.93. The fourth-order valence-corrected chi connectivity index (χ4v) is 2.07. The Kier molecular flexibility index (Phi) is 10.4. The van der Waals surface area contributed by atoms with Crippen LogP contribution in [0.4, 0.5) is 0 Å². The number of carbonyl (C=O) groups excluding carboxylic acids is 1. The number of allylic oxidation sites excluding steroid dienone is 1. The third-order valence-corrected chi connectivity index (χ3v) is 3.27. The minimum Gasteiger partial charge on any atom is -0.465 e. The molecule has 1 aromatic rings. The third kappa shape index (κ3) is 6.64. The monoisotopic (exact) mass is 435 g/mol. The van der Waals surface area contributed by atoms with Gasteiger partial charge in [0.15, 0.2) is 5.96 Å². The minimum absolute atomic E-state index is 0. The quantitative estimate of drug-likeness (QED) is 0.178. The van der Waals surface area contributed by atoms with E-state index in [0.29, 0.717) is 23.6 Å². The highest BCUT2D eigenvalue weighted by molar-refractivity contribution is 14.0. The van der Waals surface area contributed by atoms with Crippen molar-refractivity contribution in [3.8, 4) is 0 Å². The summed E-state index contributed by atoms with van der Waals surface area (Å²) >= 11 is 0. The van der Waals surface area contributed by atoms with Gasteiger partial charge in [-0.05, 0) is 25.8 Å². The Labute approximate surface area is 155 Å². The van der Waals surface area contributed by atoms with E-state index in [1.54, 1.807) is 20.0 Å². The summed E-state index contributed by atoms with van der Waals surface area (Å²) in [5, 5.41) is 3.21. The molecule has 23 heavy (non-hydrogen) atoms. The summed E-state index contributed by atoms with van der Waals surface area (Å²) in [4.78, 5) is 17.8. The summed E-state index contributed by atoms with van der Waals surface area (Å²) < 4.78 is 10.3. The van der Waals surface area contributed by atoms with Gasteiger partial charge in [-0.25, -0.2) is 4.79 Å². The van der Waals surface area contributed by atoms with Gasteiger partial charge in [-0.3, -0.25) is 4.99 Å². The van der Waals surface area contributed by atoms with Crippen LogP contribution >= 0.6 is 24.0 Å². The van der Waals surface area contributed by atoms with Crippen LogP contribution < -0.4 is 5.32 Å². The van der Waals surface area contributed by atoms with Gasteiger partial charge in [0.25, 0.3) is 0 Å². The van der Waals surface area contributed by atoms with E-state index in [2.05, 4.69) is 16.9 Å². The van der Waals surface area contributed by atoms with E-state index in [1.165, 1.54) is 7.11 Å². The maximum atomic E-state index is 11.6. The number of guanidine groups is 1. The molecular formula is C16H26IN3O3. The summed E-state index contributed by atoms with van der Waals surface area (Å²) in [6.45, 7) is 6.80. The number of rotatable bonds is 7. The lowest BCUT2D eigenvalue weighted by atomic mass is 10.2. The number of aliphatic imine (C=N–C) groups is 1. The van der Waals surface area contributed by atoms with Gasteiger partial charge in [-0.1, -0.05) is 6.08 Å². The van der Waals surface area contributed by atoms with E-state index < -0.39 is 5.97 Å². The van der Waals surface area contributed by atoms with E-state index in [9.17, 15) is 4.79 Å². The first kappa shape index (κ1) is 21.5. The SMILES string of the molecule is C=CCCCN(C)C(=NC)NCc1cc(C(=O)OC)c(C)o1.I. The molecule has 0 aliphatic rings. The molecule has 1 heterocycles. The summed E-state index contributed by atoms with van der Waals surface area (Å²) in [7, 11) is 5.07. The Morgan fingerprint density at radius 3 is 2.83 bits per heavy atom. The Bertz CT molecular complexity index is 541. The van der Waals surface area contributed by atoms with Crippen LogP contribution in [0.2, 0.25) is 0 Å². The second-order valence-electron chi connectivity index (χ2n) is 4.93. The van der Waals surface area contributed by atoms with Crippen molar-refractivity contribution in [3.05, 3.63) is 35.8 Å². The molecule has 0 unspecified atom stereocenters. The molecule has 0 saturated heterocycles. The number of aryl methyl sites for hydroxylation is 1. The summed E-state index contributed by atoms with van der Waals surface area (Å²) in [5.74, 6) is 1.60. The average Bonchev–Trinajstić information content (AvgIpc) is 2.88. The highest BCUT2D eigenvalue weighted by Crippen LogP contribution is 2.15. The van der Waals surface area contributed by atoms with Crippen molar-refractivity contribution in [2.75, 3.05) is 27.7 Å². The summed E-state index contributed by atoms with van der Waals surface area (Å²) in [5.41, 5.74) is 0.452. The van der Waals surface area contributed by atoms with E-state index in [4.69, 9.17) is 9.15 Å². The maximum absolute atomic E-state index is 11.6. The molecule has 130 valence electrons. The predicted octanol–water partition coefficient (Wildman–Crippen LogP) is 2.97. The van der Waals surface area contributed by atoms with E-state index in [1.807, 2.05) is 18.0 Å². The molecule has 1 N–H and O–H groups in total. The Hall–Kier alpha value is -1.51. The number of nitrogens with zero attached hydrogens (tertiary/aromatic N) is 2. The lowest BCUT2D eigenvalue weighted by Gasteiger charge is -2.21. The Morgan fingerprint density at radius 1 is 1.57 bits per heavy atom. The number of furan rings is 1. The fourth-order valence-electron chi connectivity index (χ4n) is 2.07. The van der Waals surface area contributed by atoms with Crippen molar-refractivity contribution < 1.29 is 13.9 Å². The molecular weight excluding hydrogens is 409 g/mol. The van der Waals surface area contributed by atoms with Crippen molar-refractivity contribution >= 4 is 35.9 Å². The van der Waals surface area contributed by atoms with Gasteiger partial charge in [0.05, 0.1) is 13.7 Å². The molecule has 0 amide bonds. The molecule has 0 atom stereocenters. The maximum Gasteiger partial charge on any atom is 0.341 e. The van der Waals surface area contributed by atoms with Gasteiger partial charge in [0, 0.05) is 20.6 Å². The first-order chi connectivity index (χ1) is 10.5. The molecule has 0 fully saturated rings. The topological polar surface area (TPSA) is 67.1 Å². The molecule has 0 aromatic carbocycles. The molecule has 0 aliphatic carbocycles. The predicted molar refractivity (Wildman–Crippen MR) is 102 cm³/mol. The Morgan fingerprint density at radius 2 is 2.26 bits per heavy atom. The van der Waals surface area contributed by atoms with Gasteiger partial charge in [-0.2, -0.15) is 0 Å². The van der Waals surface area contributed by atoms with Gasteiger partial charge in [0.2, 0.25) is 0 Å². The molecule has 1 aromatic heterocycles. The largest absolute Gasteiger partial charge is 0.465 e. The normalized spacial score (nSPS) is 10.7. The minimum atomic E-state index is -0.390. The number of ether oxygens (including phenoxy) is 1. The zero-order valence-corrected chi connectivity index (χ0v) is 16.5. The number of carbonyl (C=O) groups is 1. The number of hydrogen-bond donors (Lipinski definition) is 1. The van der Waals surface area contributed by atoms with E-state index in [0.717, 1.165) is 25.3 Å². The van der Waals surface area contributed by atoms with Crippen LogP contribution in [0.5, 0.6) is 0 Å². The smallest absolute Gasteiger partial charge is 0.341 e. The first-order valence-electron chi connectivity index (χ1n) is 7.23. The number of esters is 1. The zero-order chi connectivity index (χ0) is 16.5. The number of unbranched alkanes of at least 4 members (excludes halogenated alkanes) is 1. The molecule has 0 bridgehead atoms. The van der Waals surface area contributed by atoms with Crippen molar-refractivity contribution in [2.45, 2.75) is 26.3 Å². The fraction of sp³-hybridized carbons (Fsp3) is 0.500. The number of nitrogens with one attached hydrogen (secondary N) is 1. The highest BCUT2D eigenvalue weighted by Gasteiger charge is 2.15. The second kappa shape index (κ2) is 11.1. The molecule has 0 aliphatic heterocycles. The van der Waals surface area contributed by atoms with Crippen LogP contribution in [-0.4, -0.2) is 44.6 Å². The van der Waals surface area contributed by atoms with Gasteiger partial charge >= 0.3 is 5.97 Å². The third-order valence-electron chi connectivity index (χ3n) is 3.27. The van der Waals surface area contributed by atoms with Gasteiger partial charge < -0.3 is 19.4 Å². The summed E-state index contributed by atoms with van der Waals surface area (Å²) in [6, 6.07) is 1.69.